The van der Waals surface area contributed by atoms with Crippen LogP contribution < -0.4 is 15.0 Å². The summed E-state index contributed by atoms with van der Waals surface area (Å²) in [7, 11) is 0. The summed E-state index contributed by atoms with van der Waals surface area (Å²) >= 11 is 0. The second-order valence-corrected chi connectivity index (χ2v) is 7.09. The maximum atomic E-state index is 12.3. The van der Waals surface area contributed by atoms with Crippen molar-refractivity contribution in [1.29, 1.82) is 0 Å². The molecule has 1 amide bonds. The molecule has 1 unspecified atom stereocenters. The highest BCUT2D eigenvalue weighted by molar-refractivity contribution is 5.80. The number of hydrogen-bond donors (Lipinski definition) is 1. The average molecular weight is 367 g/mol. The number of amides is 1. The van der Waals surface area contributed by atoms with Gasteiger partial charge in [-0.25, -0.2) is 0 Å². The van der Waals surface area contributed by atoms with E-state index in [0.717, 1.165) is 43.7 Å². The van der Waals surface area contributed by atoms with Gasteiger partial charge in [-0.05, 0) is 55.9 Å². The molecule has 27 heavy (non-hydrogen) atoms. The van der Waals surface area contributed by atoms with Crippen molar-refractivity contribution < 1.29 is 9.53 Å². The fraction of sp³-hybridized carbons (Fsp3) is 0.435. The van der Waals surface area contributed by atoms with Crippen molar-refractivity contribution in [2.75, 3.05) is 24.5 Å². The lowest BCUT2D eigenvalue weighted by Crippen LogP contribution is -2.38. The van der Waals surface area contributed by atoms with Crippen molar-refractivity contribution in [2.45, 2.75) is 45.6 Å². The van der Waals surface area contributed by atoms with E-state index in [9.17, 15) is 4.79 Å². The number of para-hydroxylation sites is 2. The normalized spacial score (nSPS) is 14.4. The Morgan fingerprint density at radius 2 is 1.96 bits per heavy atom. The zero-order chi connectivity index (χ0) is 19.1. The molecule has 1 N–H and O–H groups in total. The van der Waals surface area contributed by atoms with Gasteiger partial charge in [-0.15, -0.1) is 0 Å². The van der Waals surface area contributed by atoms with E-state index < -0.39 is 6.10 Å². The van der Waals surface area contributed by atoms with Gasteiger partial charge in [0.2, 0.25) is 0 Å². The van der Waals surface area contributed by atoms with Gasteiger partial charge >= 0.3 is 0 Å². The molecule has 0 radical (unpaired) electrons. The number of benzene rings is 2. The van der Waals surface area contributed by atoms with Gasteiger partial charge in [-0.2, -0.15) is 0 Å². The predicted octanol–water partition coefficient (Wildman–Crippen LogP) is 3.98. The fourth-order valence-corrected chi connectivity index (χ4v) is 3.62. The number of nitrogens with one attached hydrogen (secondary N) is 1. The Morgan fingerprint density at radius 3 is 2.81 bits per heavy atom. The van der Waals surface area contributed by atoms with Crippen molar-refractivity contribution in [2.24, 2.45) is 0 Å². The number of carbonyl (C=O) groups is 1. The predicted molar refractivity (Wildman–Crippen MR) is 111 cm³/mol. The monoisotopic (exact) mass is 366 g/mol. The number of anilines is 1. The smallest absolute Gasteiger partial charge is 0.260 e. The lowest BCUT2D eigenvalue weighted by Gasteiger charge is -2.31. The van der Waals surface area contributed by atoms with Crippen molar-refractivity contribution in [3.63, 3.8) is 0 Å². The lowest BCUT2D eigenvalue weighted by molar-refractivity contribution is -0.127. The molecule has 0 aliphatic carbocycles. The highest BCUT2D eigenvalue weighted by Crippen LogP contribution is 2.26. The molecule has 0 spiro atoms. The Morgan fingerprint density at radius 1 is 1.19 bits per heavy atom. The topological polar surface area (TPSA) is 41.6 Å². The Bertz CT molecular complexity index is 760. The van der Waals surface area contributed by atoms with Crippen LogP contribution in [0.1, 0.15) is 37.8 Å². The van der Waals surface area contributed by atoms with Gasteiger partial charge in [-0.1, -0.05) is 43.3 Å². The molecule has 1 aliphatic rings. The molecule has 1 atom stereocenters. The van der Waals surface area contributed by atoms with Gasteiger partial charge in [0, 0.05) is 25.3 Å². The molecule has 1 aliphatic heterocycles. The zero-order valence-electron chi connectivity index (χ0n) is 16.4. The van der Waals surface area contributed by atoms with Crippen molar-refractivity contribution in [3.8, 4) is 5.75 Å². The molecule has 0 fully saturated rings. The molecule has 0 aromatic heterocycles. The van der Waals surface area contributed by atoms with Gasteiger partial charge in [-0.3, -0.25) is 4.79 Å². The number of ether oxygens (including phenoxy) is 1. The Kier molecular flexibility index (Phi) is 6.74. The SMILES string of the molecule is CCc1ccccc1OC(C)C(=O)NCCCN1CCCc2ccccc21. The molecule has 0 bridgehead atoms. The molecule has 1 heterocycles. The highest BCUT2D eigenvalue weighted by atomic mass is 16.5. The molecule has 0 saturated carbocycles. The number of hydrogen-bond acceptors (Lipinski definition) is 3. The van der Waals surface area contributed by atoms with Gasteiger partial charge in [0.1, 0.15) is 5.75 Å². The van der Waals surface area contributed by atoms with Crippen LogP contribution in [0.5, 0.6) is 5.75 Å². The lowest BCUT2D eigenvalue weighted by atomic mass is 10.0. The Labute approximate surface area is 162 Å². The molecular formula is C23H30N2O2. The minimum atomic E-state index is -0.492. The summed E-state index contributed by atoms with van der Waals surface area (Å²) in [6.07, 6.45) is 3.69. The summed E-state index contributed by atoms with van der Waals surface area (Å²) in [6, 6.07) is 16.5. The third kappa shape index (κ3) is 5.03. The first kappa shape index (κ1) is 19.3. The first-order valence-corrected chi connectivity index (χ1v) is 10.0. The molecule has 2 aromatic rings. The first-order valence-electron chi connectivity index (χ1n) is 10.0. The van der Waals surface area contributed by atoms with Gasteiger partial charge in [0.15, 0.2) is 6.10 Å². The number of nitrogens with zero attached hydrogens (tertiary/aromatic N) is 1. The third-order valence-corrected chi connectivity index (χ3v) is 5.14. The molecule has 0 saturated heterocycles. The number of aryl methyl sites for hydroxylation is 2. The number of fused-ring (bicyclic) bond motifs is 1. The highest BCUT2D eigenvalue weighted by Gasteiger charge is 2.17. The van der Waals surface area contributed by atoms with Gasteiger partial charge in [0.25, 0.3) is 5.91 Å². The van der Waals surface area contributed by atoms with E-state index in [1.165, 1.54) is 17.7 Å². The summed E-state index contributed by atoms with van der Waals surface area (Å²) in [4.78, 5) is 14.8. The van der Waals surface area contributed by atoms with E-state index in [1.54, 1.807) is 0 Å². The number of rotatable bonds is 8. The molecule has 3 rings (SSSR count). The van der Waals surface area contributed by atoms with Crippen molar-refractivity contribution in [1.82, 2.24) is 5.32 Å². The standard InChI is InChI=1S/C23H30N2O2/c1-3-19-10-5-7-14-22(19)27-18(2)23(26)24-15-9-17-25-16-8-12-20-11-4-6-13-21(20)25/h4-7,10-11,13-14,18H,3,8-9,12,15-17H2,1-2H3,(H,24,26). The molecule has 4 heteroatoms. The van der Waals surface area contributed by atoms with E-state index in [0.29, 0.717) is 6.54 Å². The van der Waals surface area contributed by atoms with E-state index >= 15 is 0 Å². The van der Waals surface area contributed by atoms with Crippen molar-refractivity contribution in [3.05, 3.63) is 59.7 Å². The second kappa shape index (κ2) is 9.45. The van der Waals surface area contributed by atoms with E-state index in [1.807, 2.05) is 31.2 Å². The summed E-state index contributed by atoms with van der Waals surface area (Å²) < 4.78 is 5.87. The summed E-state index contributed by atoms with van der Waals surface area (Å²) in [5, 5.41) is 3.01. The van der Waals surface area contributed by atoms with Gasteiger partial charge < -0.3 is 15.0 Å². The molecule has 4 nitrogen and oxygen atoms in total. The van der Waals surface area contributed by atoms with Crippen LogP contribution in [-0.4, -0.2) is 31.6 Å². The van der Waals surface area contributed by atoms with Crippen LogP contribution in [-0.2, 0) is 17.6 Å². The average Bonchev–Trinajstić information content (AvgIpc) is 2.71. The van der Waals surface area contributed by atoms with Gasteiger partial charge in [0.05, 0.1) is 0 Å². The van der Waals surface area contributed by atoms with Crippen molar-refractivity contribution >= 4 is 11.6 Å². The maximum absolute atomic E-state index is 12.3. The van der Waals surface area contributed by atoms with Crippen LogP contribution in [0.15, 0.2) is 48.5 Å². The minimum absolute atomic E-state index is 0.0556. The van der Waals surface area contributed by atoms with Crippen LogP contribution in [0.2, 0.25) is 0 Å². The maximum Gasteiger partial charge on any atom is 0.260 e. The van der Waals surface area contributed by atoms with Crippen LogP contribution in [0, 0.1) is 0 Å². The largest absolute Gasteiger partial charge is 0.481 e. The zero-order valence-corrected chi connectivity index (χ0v) is 16.4. The Hall–Kier alpha value is -2.49. The Balaban J connectivity index is 1.43. The van der Waals surface area contributed by atoms with E-state index in [4.69, 9.17) is 4.74 Å². The van der Waals surface area contributed by atoms with Crippen LogP contribution in [0.4, 0.5) is 5.69 Å². The third-order valence-electron chi connectivity index (χ3n) is 5.14. The minimum Gasteiger partial charge on any atom is -0.481 e. The molecular weight excluding hydrogens is 336 g/mol. The second-order valence-electron chi connectivity index (χ2n) is 7.09. The number of carbonyl (C=O) groups excluding carboxylic acids is 1. The van der Waals surface area contributed by atoms with E-state index in [-0.39, 0.29) is 5.91 Å². The summed E-state index contributed by atoms with van der Waals surface area (Å²) in [5.41, 5.74) is 3.91. The van der Waals surface area contributed by atoms with Crippen LogP contribution >= 0.6 is 0 Å². The fourth-order valence-electron chi connectivity index (χ4n) is 3.62. The first-order chi connectivity index (χ1) is 13.2. The summed E-state index contributed by atoms with van der Waals surface area (Å²) in [5.74, 6) is 0.743. The van der Waals surface area contributed by atoms with Crippen LogP contribution in [0.3, 0.4) is 0 Å². The van der Waals surface area contributed by atoms with E-state index in [2.05, 4.69) is 41.4 Å². The molecule has 144 valence electrons. The molecule has 2 aromatic carbocycles. The summed E-state index contributed by atoms with van der Waals surface area (Å²) in [6.45, 7) is 6.62. The quantitative estimate of drug-likeness (QED) is 0.719. The van der Waals surface area contributed by atoms with Crippen LogP contribution in [0.25, 0.3) is 0 Å².